The molecule has 1 aromatic carbocycles. The Morgan fingerprint density at radius 2 is 2.16 bits per heavy atom. The van der Waals surface area contributed by atoms with E-state index in [1.807, 2.05) is 6.07 Å². The van der Waals surface area contributed by atoms with Gasteiger partial charge in [-0.25, -0.2) is 0 Å². The molecule has 0 spiro atoms. The van der Waals surface area contributed by atoms with Crippen molar-refractivity contribution in [2.24, 2.45) is 0 Å². The van der Waals surface area contributed by atoms with Crippen molar-refractivity contribution in [3.8, 4) is 11.7 Å². The molecule has 0 bridgehead atoms. The zero-order valence-corrected chi connectivity index (χ0v) is 12.5. The number of rotatable bonds is 2. The normalized spacial score (nSPS) is 10.2. The van der Waals surface area contributed by atoms with Crippen molar-refractivity contribution < 1.29 is 35.7 Å². The molecule has 0 saturated heterocycles. The molecule has 0 saturated carbocycles. The molecule has 0 aliphatic heterocycles. The van der Waals surface area contributed by atoms with Crippen molar-refractivity contribution in [1.29, 1.82) is 0 Å². The van der Waals surface area contributed by atoms with Gasteiger partial charge in [0.15, 0.2) is 0 Å². The van der Waals surface area contributed by atoms with Gasteiger partial charge in [0.2, 0.25) is 5.56 Å². The van der Waals surface area contributed by atoms with Crippen LogP contribution in [0.15, 0.2) is 35.1 Å². The third kappa shape index (κ3) is 2.67. The van der Waals surface area contributed by atoms with Crippen LogP contribution in [0.4, 0.5) is 0 Å². The Labute approximate surface area is 131 Å². The van der Waals surface area contributed by atoms with Crippen molar-refractivity contribution in [2.75, 3.05) is 7.11 Å². The Kier molecular flexibility index (Phi) is 3.98. The number of ether oxygens (including phenoxy) is 1. The number of nitrogens with zero attached hydrogens (tertiary/aromatic N) is 4. The van der Waals surface area contributed by atoms with Crippen LogP contribution in [0.3, 0.4) is 0 Å². The quantitative estimate of drug-likeness (QED) is 0.524. The van der Waals surface area contributed by atoms with E-state index in [0.717, 1.165) is 16.6 Å². The average Bonchev–Trinajstić information content (AvgIpc) is 2.87. The summed E-state index contributed by atoms with van der Waals surface area (Å²) in [4.78, 5) is 15.3. The molecule has 0 fully saturated rings. The number of fused-ring (bicyclic) bond motifs is 1. The molecular formula is C11H10N5NaO2. The Hall–Kier alpha value is -1.70. The maximum Gasteiger partial charge on any atom is 1.00 e. The van der Waals surface area contributed by atoms with Crippen molar-refractivity contribution in [1.82, 2.24) is 25.2 Å². The average molecular weight is 267 g/mol. The molecule has 0 amide bonds. The number of nitrogens with one attached hydrogen (secondary N) is 1. The summed E-state index contributed by atoms with van der Waals surface area (Å²) in [5.74, 6) is 0. The second-order valence-corrected chi connectivity index (χ2v) is 3.66. The summed E-state index contributed by atoms with van der Waals surface area (Å²) >= 11 is 0. The number of tetrazole rings is 1. The van der Waals surface area contributed by atoms with Gasteiger partial charge in [-0.3, -0.25) is 4.79 Å². The maximum atomic E-state index is 11.2. The monoisotopic (exact) mass is 267 g/mol. The molecule has 2 heterocycles. The molecule has 2 aromatic heterocycles. The minimum atomic E-state index is -0.129. The number of aromatic amines is 1. The van der Waals surface area contributed by atoms with Crippen LogP contribution in [-0.2, 0) is 0 Å². The molecule has 0 unspecified atom stereocenters. The van der Waals surface area contributed by atoms with E-state index < -0.39 is 0 Å². The summed E-state index contributed by atoms with van der Waals surface area (Å²) in [6, 6.07) is 8.86. The smallest absolute Gasteiger partial charge is 1.00 e. The van der Waals surface area contributed by atoms with Crippen molar-refractivity contribution in [3.63, 3.8) is 0 Å². The summed E-state index contributed by atoms with van der Waals surface area (Å²) in [6.45, 7) is 0. The minimum absolute atomic E-state index is 0. The molecule has 0 aliphatic rings. The largest absolute Gasteiger partial charge is 1.00 e. The Bertz CT molecular complexity index is 773. The van der Waals surface area contributed by atoms with Gasteiger partial charge in [0.25, 0.3) is 0 Å². The number of benzene rings is 1. The first-order chi connectivity index (χ1) is 8.76. The first-order valence-corrected chi connectivity index (χ1v) is 5.24. The molecule has 92 valence electrons. The van der Waals surface area contributed by atoms with E-state index in [0.29, 0.717) is 0 Å². The fourth-order valence-electron chi connectivity index (χ4n) is 1.66. The molecule has 1 N–H and O–H groups in total. The van der Waals surface area contributed by atoms with Gasteiger partial charge >= 0.3 is 35.6 Å². The van der Waals surface area contributed by atoms with Gasteiger partial charge in [-0.15, -0.1) is 4.80 Å². The fraction of sp³-hybridized carbons (Fsp3) is 0.0909. The summed E-state index contributed by atoms with van der Waals surface area (Å²) in [7, 11) is 1.48. The van der Waals surface area contributed by atoms with Crippen LogP contribution in [-0.4, -0.2) is 32.3 Å². The Morgan fingerprint density at radius 3 is 2.89 bits per heavy atom. The Morgan fingerprint density at radius 1 is 1.32 bits per heavy atom. The third-order valence-corrected chi connectivity index (χ3v) is 2.52. The van der Waals surface area contributed by atoms with Crippen molar-refractivity contribution >= 4 is 10.9 Å². The number of aromatic nitrogens is 5. The van der Waals surface area contributed by atoms with Gasteiger partial charge in [0.05, 0.1) is 12.8 Å². The van der Waals surface area contributed by atoms with Crippen molar-refractivity contribution in [3.05, 3.63) is 40.7 Å². The zero-order valence-electron chi connectivity index (χ0n) is 11.5. The molecule has 8 heteroatoms. The molecular weight excluding hydrogens is 257 g/mol. The first-order valence-electron chi connectivity index (χ1n) is 5.24. The van der Waals surface area contributed by atoms with Crippen LogP contribution in [0.1, 0.15) is 1.43 Å². The maximum absolute atomic E-state index is 11.2. The number of methoxy groups -OCH3 is 1. The topological polar surface area (TPSA) is 85.7 Å². The van der Waals surface area contributed by atoms with E-state index in [-0.39, 0.29) is 42.6 Å². The van der Waals surface area contributed by atoms with Gasteiger partial charge < -0.3 is 11.1 Å². The number of hydrogen-bond donors (Lipinski definition) is 1. The second-order valence-electron chi connectivity index (χ2n) is 3.66. The summed E-state index contributed by atoms with van der Waals surface area (Å²) in [5.41, 5.74) is 1.37. The van der Waals surface area contributed by atoms with E-state index in [2.05, 4.69) is 20.4 Å². The standard InChI is InChI=1S/C11H9N5O2.Na.H/c1-18-11-13-15-16(14-11)8-3-4-9-7(6-8)2-5-10(17)12-9;;/h2-6H,1H3,(H,12,17);;/q;+1;-1. The van der Waals surface area contributed by atoms with Crippen LogP contribution in [0, 0.1) is 0 Å². The molecule has 0 aliphatic carbocycles. The van der Waals surface area contributed by atoms with Crippen molar-refractivity contribution in [2.45, 2.75) is 0 Å². The van der Waals surface area contributed by atoms with Crippen LogP contribution in [0.25, 0.3) is 16.6 Å². The number of pyridine rings is 1. The second kappa shape index (κ2) is 5.52. The van der Waals surface area contributed by atoms with Crippen LogP contribution in [0.5, 0.6) is 6.01 Å². The SMILES string of the molecule is COc1nnn(-c2ccc3[nH]c(=O)ccc3c2)n1.[H-].[Na+]. The minimum Gasteiger partial charge on any atom is -1.00 e. The van der Waals surface area contributed by atoms with E-state index in [1.54, 1.807) is 18.2 Å². The van der Waals surface area contributed by atoms with Gasteiger partial charge in [-0.1, -0.05) is 10.2 Å². The van der Waals surface area contributed by atoms with E-state index >= 15 is 0 Å². The Balaban J connectivity index is 0.000001000. The zero-order chi connectivity index (χ0) is 12.5. The summed E-state index contributed by atoms with van der Waals surface area (Å²) in [6.07, 6.45) is 0. The van der Waals surface area contributed by atoms with Crippen LogP contribution < -0.4 is 39.9 Å². The molecule has 3 aromatic rings. The molecule has 19 heavy (non-hydrogen) atoms. The summed E-state index contributed by atoms with van der Waals surface area (Å²) in [5, 5.41) is 12.5. The summed E-state index contributed by atoms with van der Waals surface area (Å²) < 4.78 is 4.87. The van der Waals surface area contributed by atoms with Crippen LogP contribution in [0.2, 0.25) is 0 Å². The van der Waals surface area contributed by atoms with Gasteiger partial charge in [-0.2, -0.15) is 0 Å². The predicted molar refractivity (Wildman–Crippen MR) is 64.9 cm³/mol. The number of H-pyrrole nitrogens is 1. The van der Waals surface area contributed by atoms with E-state index in [9.17, 15) is 4.79 Å². The van der Waals surface area contributed by atoms with Gasteiger partial charge in [0.1, 0.15) is 0 Å². The molecule has 0 radical (unpaired) electrons. The number of hydrogen-bond acceptors (Lipinski definition) is 5. The third-order valence-electron chi connectivity index (χ3n) is 2.52. The predicted octanol–water partition coefficient (Wildman–Crippen LogP) is -2.37. The van der Waals surface area contributed by atoms with Gasteiger partial charge in [-0.05, 0) is 29.5 Å². The van der Waals surface area contributed by atoms with E-state index in [4.69, 9.17) is 4.74 Å². The molecule has 0 atom stereocenters. The fourth-order valence-corrected chi connectivity index (χ4v) is 1.66. The molecule has 3 rings (SSSR count). The van der Waals surface area contributed by atoms with E-state index in [1.165, 1.54) is 18.0 Å². The van der Waals surface area contributed by atoms with Gasteiger partial charge in [0, 0.05) is 17.0 Å². The molecule has 7 nitrogen and oxygen atoms in total. The van der Waals surface area contributed by atoms with Crippen LogP contribution >= 0.6 is 0 Å². The first kappa shape index (κ1) is 13.7.